The van der Waals surface area contributed by atoms with E-state index in [2.05, 4.69) is 17.1 Å². The van der Waals surface area contributed by atoms with Crippen LogP contribution in [-0.4, -0.2) is 57.9 Å². The van der Waals surface area contributed by atoms with Gasteiger partial charge in [-0.2, -0.15) is 8.42 Å². The summed E-state index contributed by atoms with van der Waals surface area (Å²) in [6.07, 6.45) is 1.48. The summed E-state index contributed by atoms with van der Waals surface area (Å²) in [5.74, 6) is -0.0327. The molecule has 3 rings (SSSR count). The molecular formula is C26H32N4O6S2. The molecule has 0 bridgehead atoms. The molecule has 204 valence electrons. The Morgan fingerprint density at radius 1 is 1.08 bits per heavy atom. The number of nitrogens with one attached hydrogen (secondary N) is 2. The van der Waals surface area contributed by atoms with Gasteiger partial charge in [-0.25, -0.2) is 14.4 Å². The molecule has 0 aliphatic heterocycles. The van der Waals surface area contributed by atoms with Crippen LogP contribution in [0.2, 0.25) is 0 Å². The summed E-state index contributed by atoms with van der Waals surface area (Å²) >= 11 is 1.17. The zero-order valence-corrected chi connectivity index (χ0v) is 23.7. The molecule has 0 aliphatic carbocycles. The Labute approximate surface area is 227 Å². The number of ether oxygens (including phenoxy) is 2. The number of aryl methyl sites for hydroxylation is 2. The Kier molecular flexibility index (Phi) is 9.84. The predicted octanol–water partition coefficient (Wildman–Crippen LogP) is 3.25. The van der Waals surface area contributed by atoms with Crippen molar-refractivity contribution in [3.63, 3.8) is 0 Å². The van der Waals surface area contributed by atoms with E-state index in [1.807, 2.05) is 35.4 Å². The van der Waals surface area contributed by atoms with E-state index in [0.717, 1.165) is 12.0 Å². The van der Waals surface area contributed by atoms with Crippen molar-refractivity contribution in [2.45, 2.75) is 33.2 Å². The fourth-order valence-corrected chi connectivity index (χ4v) is 5.10. The highest BCUT2D eigenvalue weighted by Gasteiger charge is 2.22. The Morgan fingerprint density at radius 3 is 2.37 bits per heavy atom. The molecule has 0 saturated carbocycles. The van der Waals surface area contributed by atoms with Crippen molar-refractivity contribution in [2.75, 3.05) is 27.8 Å². The third-order valence-electron chi connectivity index (χ3n) is 5.87. The molecule has 0 unspecified atom stereocenters. The van der Waals surface area contributed by atoms with Gasteiger partial charge in [0.15, 0.2) is 0 Å². The number of nitrogens with zero attached hydrogens (tertiary/aromatic N) is 2. The van der Waals surface area contributed by atoms with E-state index in [1.165, 1.54) is 49.1 Å². The number of thiazole rings is 1. The van der Waals surface area contributed by atoms with Crippen molar-refractivity contribution >= 4 is 33.4 Å². The number of rotatable bonds is 12. The van der Waals surface area contributed by atoms with Crippen LogP contribution in [0, 0.1) is 13.8 Å². The second-order valence-electron chi connectivity index (χ2n) is 8.59. The maximum atomic E-state index is 13.7. The lowest BCUT2D eigenvalue weighted by atomic mass is 10.1. The van der Waals surface area contributed by atoms with Gasteiger partial charge in [0.1, 0.15) is 22.2 Å². The number of carbonyl (C=O) groups excluding carboxylic acids is 2. The Morgan fingerprint density at radius 2 is 1.76 bits per heavy atom. The number of aromatic nitrogens is 1. The third kappa shape index (κ3) is 7.53. The first-order valence-corrected chi connectivity index (χ1v) is 14.2. The summed E-state index contributed by atoms with van der Waals surface area (Å²) in [7, 11) is 0.298. The highest BCUT2D eigenvalue weighted by molar-refractivity contribution is 7.88. The van der Waals surface area contributed by atoms with E-state index >= 15 is 0 Å². The van der Waals surface area contributed by atoms with Crippen LogP contribution in [0.5, 0.6) is 11.5 Å². The highest BCUT2D eigenvalue weighted by Crippen LogP contribution is 2.30. The Hall–Kier alpha value is -3.48. The third-order valence-corrected chi connectivity index (χ3v) is 7.69. The van der Waals surface area contributed by atoms with Crippen molar-refractivity contribution in [2.24, 2.45) is 0 Å². The molecule has 2 aromatic carbocycles. The van der Waals surface area contributed by atoms with Gasteiger partial charge in [0, 0.05) is 30.1 Å². The molecule has 0 saturated heterocycles. The molecule has 3 aromatic rings. The van der Waals surface area contributed by atoms with Crippen LogP contribution in [0.25, 0.3) is 0 Å². The molecule has 0 spiro atoms. The molecular weight excluding hydrogens is 528 g/mol. The zero-order chi connectivity index (χ0) is 27.9. The fourth-order valence-electron chi connectivity index (χ4n) is 3.86. The average molecular weight is 561 g/mol. The van der Waals surface area contributed by atoms with E-state index in [0.29, 0.717) is 35.0 Å². The predicted molar refractivity (Wildman–Crippen MR) is 146 cm³/mol. The largest absolute Gasteiger partial charge is 0.496 e. The molecule has 38 heavy (non-hydrogen) atoms. The molecule has 12 heteroatoms. The minimum Gasteiger partial charge on any atom is -0.496 e. The standard InChI is InChI=1S/C26H32N4O6S2/c1-17-8-6-9-19(12-17)10-7-11-30(26(32)20-13-22(35-4)18(2)23(14-20)36-5)15-24-28-21(16-37-24)25(31)29-38(33,34)27-3/h6,8-9,12-14,16,27H,7,10-11,15H2,1-5H3,(H,29,31). The van der Waals surface area contributed by atoms with Crippen LogP contribution in [-0.2, 0) is 23.2 Å². The van der Waals surface area contributed by atoms with Gasteiger partial charge < -0.3 is 14.4 Å². The van der Waals surface area contributed by atoms with E-state index in [9.17, 15) is 18.0 Å². The van der Waals surface area contributed by atoms with Gasteiger partial charge in [0.2, 0.25) is 0 Å². The molecule has 1 aromatic heterocycles. The summed E-state index contributed by atoms with van der Waals surface area (Å²) in [5.41, 5.74) is 3.48. The molecule has 0 radical (unpaired) electrons. The van der Waals surface area contributed by atoms with Gasteiger partial charge in [-0.15, -0.1) is 11.3 Å². The van der Waals surface area contributed by atoms with Crippen molar-refractivity contribution in [3.05, 3.63) is 74.7 Å². The second-order valence-corrected chi connectivity index (χ2v) is 11.2. The molecule has 10 nitrogen and oxygen atoms in total. The summed E-state index contributed by atoms with van der Waals surface area (Å²) in [5, 5.41) is 1.95. The minimum atomic E-state index is -3.96. The number of carbonyl (C=O) groups is 2. The van der Waals surface area contributed by atoms with Gasteiger partial charge in [-0.1, -0.05) is 29.8 Å². The molecule has 0 aliphatic rings. The minimum absolute atomic E-state index is 0.0466. The van der Waals surface area contributed by atoms with Crippen LogP contribution < -0.4 is 18.9 Å². The Balaban J connectivity index is 1.85. The average Bonchev–Trinajstić information content (AvgIpc) is 3.36. The van der Waals surface area contributed by atoms with Gasteiger partial charge >= 0.3 is 10.2 Å². The first kappa shape index (κ1) is 29.1. The first-order chi connectivity index (χ1) is 18.1. The quantitative estimate of drug-likeness (QED) is 0.348. The van der Waals surface area contributed by atoms with Crippen molar-refractivity contribution in [3.8, 4) is 11.5 Å². The van der Waals surface area contributed by atoms with E-state index < -0.39 is 16.1 Å². The second kappa shape index (κ2) is 12.9. The van der Waals surface area contributed by atoms with Crippen molar-refractivity contribution < 1.29 is 27.5 Å². The number of hydrogen-bond donors (Lipinski definition) is 2. The summed E-state index contributed by atoms with van der Waals surface area (Å²) in [6.45, 7) is 4.46. The lowest BCUT2D eigenvalue weighted by Crippen LogP contribution is -2.38. The van der Waals surface area contributed by atoms with Crippen molar-refractivity contribution in [1.82, 2.24) is 19.3 Å². The van der Waals surface area contributed by atoms with E-state index in [1.54, 1.807) is 17.0 Å². The highest BCUT2D eigenvalue weighted by atomic mass is 32.2. The summed E-state index contributed by atoms with van der Waals surface area (Å²) < 4.78 is 38.1. The zero-order valence-electron chi connectivity index (χ0n) is 22.0. The number of amides is 2. The topological polar surface area (TPSA) is 127 Å². The molecule has 2 N–H and O–H groups in total. The molecule has 1 heterocycles. The van der Waals surface area contributed by atoms with Crippen LogP contribution in [0.1, 0.15) is 49.0 Å². The van der Waals surface area contributed by atoms with Crippen LogP contribution in [0.3, 0.4) is 0 Å². The molecule has 0 atom stereocenters. The maximum absolute atomic E-state index is 13.7. The van der Waals surface area contributed by atoms with E-state index in [4.69, 9.17) is 9.47 Å². The van der Waals surface area contributed by atoms with Gasteiger partial charge in [0.05, 0.1) is 20.8 Å². The Bertz CT molecular complexity index is 1380. The number of benzene rings is 2. The molecule has 2 amide bonds. The van der Waals surface area contributed by atoms with Gasteiger partial charge in [0.25, 0.3) is 11.8 Å². The van der Waals surface area contributed by atoms with Crippen LogP contribution in [0.15, 0.2) is 41.8 Å². The summed E-state index contributed by atoms with van der Waals surface area (Å²) in [4.78, 5) is 31.9. The van der Waals surface area contributed by atoms with Gasteiger partial charge in [-0.05, 0) is 44.4 Å². The lowest BCUT2D eigenvalue weighted by molar-refractivity contribution is 0.0740. The van der Waals surface area contributed by atoms with Gasteiger partial charge in [-0.3, -0.25) is 9.59 Å². The van der Waals surface area contributed by atoms with Crippen molar-refractivity contribution in [1.29, 1.82) is 0 Å². The smallest absolute Gasteiger partial charge is 0.301 e. The number of methoxy groups -OCH3 is 2. The lowest BCUT2D eigenvalue weighted by Gasteiger charge is -2.23. The maximum Gasteiger partial charge on any atom is 0.301 e. The van der Waals surface area contributed by atoms with Crippen LogP contribution in [0.4, 0.5) is 0 Å². The summed E-state index contributed by atoms with van der Waals surface area (Å²) in [6, 6.07) is 11.6. The monoisotopic (exact) mass is 560 g/mol. The molecule has 0 fully saturated rings. The fraction of sp³-hybridized carbons (Fsp3) is 0.346. The van der Waals surface area contributed by atoms with Crippen LogP contribution >= 0.6 is 11.3 Å². The number of hydrogen-bond acceptors (Lipinski definition) is 8. The van der Waals surface area contributed by atoms with E-state index in [-0.39, 0.29) is 18.1 Å². The first-order valence-electron chi connectivity index (χ1n) is 11.8. The SMILES string of the molecule is CNS(=O)(=O)NC(=O)c1csc(CN(CCCc2cccc(C)c2)C(=O)c2cc(OC)c(C)c(OC)c2)n1. The normalized spacial score (nSPS) is 11.2.